The van der Waals surface area contributed by atoms with Gasteiger partial charge in [0.15, 0.2) is 0 Å². The highest BCUT2D eigenvalue weighted by Gasteiger charge is 2.12. The first-order valence-electron chi connectivity index (χ1n) is 5.97. The van der Waals surface area contributed by atoms with Gasteiger partial charge in [-0.05, 0) is 24.4 Å². The summed E-state index contributed by atoms with van der Waals surface area (Å²) >= 11 is 0. The van der Waals surface area contributed by atoms with Gasteiger partial charge in [-0.1, -0.05) is 18.2 Å². The van der Waals surface area contributed by atoms with Crippen LogP contribution in [0.15, 0.2) is 35.1 Å². The number of hydrogen-bond donors (Lipinski definition) is 3. The maximum absolute atomic E-state index is 11.8. The van der Waals surface area contributed by atoms with Crippen molar-refractivity contribution in [1.29, 1.82) is 0 Å². The van der Waals surface area contributed by atoms with Gasteiger partial charge in [0, 0.05) is 5.52 Å². The van der Waals surface area contributed by atoms with E-state index in [1.54, 1.807) is 31.2 Å². The minimum absolute atomic E-state index is 0.0968. The second-order valence-electron chi connectivity index (χ2n) is 3.90. The average Bonchev–Trinajstić information content (AvgIpc) is 2.44. The summed E-state index contributed by atoms with van der Waals surface area (Å²) in [4.78, 5) is 37.2. The Kier molecular flexibility index (Phi) is 3.99. The van der Waals surface area contributed by atoms with Crippen LogP contribution >= 0.6 is 0 Å². The molecular formula is C13H13N3O4. The van der Waals surface area contributed by atoms with Gasteiger partial charge in [-0.2, -0.15) is 0 Å². The van der Waals surface area contributed by atoms with Crippen LogP contribution in [-0.4, -0.2) is 23.6 Å². The lowest BCUT2D eigenvalue weighted by Crippen LogP contribution is -2.43. The van der Waals surface area contributed by atoms with Crippen LogP contribution in [0.3, 0.4) is 0 Å². The Morgan fingerprint density at radius 3 is 2.75 bits per heavy atom. The first-order valence-corrected chi connectivity index (χ1v) is 5.97. The Hall–Kier alpha value is -2.83. The van der Waals surface area contributed by atoms with Crippen LogP contribution in [0.1, 0.15) is 17.3 Å². The molecule has 0 aliphatic heterocycles. The number of amides is 2. The van der Waals surface area contributed by atoms with E-state index in [1.807, 2.05) is 5.43 Å². The van der Waals surface area contributed by atoms with Crippen molar-refractivity contribution >= 4 is 22.9 Å². The molecule has 2 aromatic rings. The molecule has 0 aliphatic carbocycles. The normalized spacial score (nSPS) is 10.1. The first kappa shape index (κ1) is 13.6. The van der Waals surface area contributed by atoms with E-state index in [0.717, 1.165) is 0 Å². The molecule has 1 aromatic heterocycles. The highest BCUT2D eigenvalue weighted by atomic mass is 16.5. The minimum atomic E-state index is -0.793. The zero-order valence-corrected chi connectivity index (χ0v) is 10.7. The molecule has 20 heavy (non-hydrogen) atoms. The number of carbonyl (C=O) groups excluding carboxylic acids is 2. The molecule has 0 bridgehead atoms. The number of aromatic nitrogens is 1. The number of benzene rings is 1. The highest BCUT2D eigenvalue weighted by molar-refractivity contribution is 5.97. The molecular weight excluding hydrogens is 262 g/mol. The summed E-state index contributed by atoms with van der Waals surface area (Å²) in [5, 5.41) is 0.716. The van der Waals surface area contributed by atoms with E-state index in [4.69, 9.17) is 0 Å². The number of aromatic amines is 1. The van der Waals surface area contributed by atoms with Crippen molar-refractivity contribution in [1.82, 2.24) is 15.8 Å². The number of rotatable bonds is 2. The SMILES string of the molecule is CCOC(=O)NNC(=O)c1cc2ccccc2[nH]c1=O. The Morgan fingerprint density at radius 2 is 2.00 bits per heavy atom. The van der Waals surface area contributed by atoms with Gasteiger partial charge in [-0.25, -0.2) is 10.2 Å². The van der Waals surface area contributed by atoms with Crippen molar-refractivity contribution in [2.75, 3.05) is 6.61 Å². The minimum Gasteiger partial charge on any atom is -0.449 e. The van der Waals surface area contributed by atoms with Crippen LogP contribution in [0.25, 0.3) is 10.9 Å². The monoisotopic (exact) mass is 275 g/mol. The maximum Gasteiger partial charge on any atom is 0.426 e. The second-order valence-corrected chi connectivity index (χ2v) is 3.90. The molecule has 0 radical (unpaired) electrons. The molecule has 104 valence electrons. The number of para-hydroxylation sites is 1. The first-order chi connectivity index (χ1) is 9.61. The fourth-order valence-corrected chi connectivity index (χ4v) is 1.66. The molecule has 3 N–H and O–H groups in total. The standard InChI is InChI=1S/C13H13N3O4/c1-2-20-13(19)16-15-12(18)9-7-8-5-3-4-6-10(8)14-11(9)17/h3-7H,2H2,1H3,(H,14,17)(H,15,18)(H,16,19). The number of pyridine rings is 1. The summed E-state index contributed by atoms with van der Waals surface area (Å²) in [5.41, 5.74) is 4.15. The summed E-state index contributed by atoms with van der Waals surface area (Å²) < 4.78 is 4.58. The van der Waals surface area contributed by atoms with Gasteiger partial charge >= 0.3 is 6.09 Å². The number of ether oxygens (including phenoxy) is 1. The van der Waals surface area contributed by atoms with Crippen molar-refractivity contribution in [3.05, 3.63) is 46.2 Å². The summed E-state index contributed by atoms with van der Waals surface area (Å²) in [7, 11) is 0. The third-order valence-electron chi connectivity index (χ3n) is 2.55. The zero-order valence-electron chi connectivity index (χ0n) is 10.7. The largest absolute Gasteiger partial charge is 0.449 e. The molecule has 1 aromatic carbocycles. The van der Waals surface area contributed by atoms with Crippen LogP contribution in [0.5, 0.6) is 0 Å². The van der Waals surface area contributed by atoms with Gasteiger partial charge in [-0.3, -0.25) is 15.0 Å². The Balaban J connectivity index is 2.19. The Bertz CT molecular complexity index is 708. The van der Waals surface area contributed by atoms with Gasteiger partial charge in [0.1, 0.15) is 5.56 Å². The van der Waals surface area contributed by atoms with Crippen molar-refractivity contribution in [3.8, 4) is 0 Å². The predicted octanol–water partition coefficient (Wildman–Crippen LogP) is 0.919. The summed E-state index contributed by atoms with van der Waals surface area (Å²) in [6, 6.07) is 8.52. The van der Waals surface area contributed by atoms with E-state index < -0.39 is 17.6 Å². The van der Waals surface area contributed by atoms with E-state index >= 15 is 0 Å². The maximum atomic E-state index is 11.8. The Labute approximate surface area is 113 Å². The molecule has 0 fully saturated rings. The number of nitrogens with one attached hydrogen (secondary N) is 3. The van der Waals surface area contributed by atoms with Crippen LogP contribution in [0.2, 0.25) is 0 Å². The smallest absolute Gasteiger partial charge is 0.426 e. The second kappa shape index (κ2) is 5.87. The zero-order chi connectivity index (χ0) is 14.5. The fraction of sp³-hybridized carbons (Fsp3) is 0.154. The average molecular weight is 275 g/mol. The fourth-order valence-electron chi connectivity index (χ4n) is 1.66. The van der Waals surface area contributed by atoms with Gasteiger partial charge in [0.05, 0.1) is 6.61 Å². The van der Waals surface area contributed by atoms with Crippen molar-refractivity contribution < 1.29 is 14.3 Å². The molecule has 0 atom stereocenters. The summed E-state index contributed by atoms with van der Waals surface area (Å²) in [6.45, 7) is 1.81. The molecule has 7 heteroatoms. The molecule has 0 spiro atoms. The van der Waals surface area contributed by atoms with Crippen LogP contribution < -0.4 is 16.4 Å². The van der Waals surface area contributed by atoms with Crippen LogP contribution in [0, 0.1) is 0 Å². The molecule has 0 aliphatic rings. The lowest BCUT2D eigenvalue weighted by atomic mass is 10.1. The predicted molar refractivity (Wildman–Crippen MR) is 72.2 cm³/mol. The molecule has 1 heterocycles. The number of carbonyl (C=O) groups is 2. The van der Waals surface area contributed by atoms with Gasteiger partial charge in [0.2, 0.25) is 0 Å². The van der Waals surface area contributed by atoms with Gasteiger partial charge < -0.3 is 9.72 Å². The van der Waals surface area contributed by atoms with Gasteiger partial charge in [-0.15, -0.1) is 0 Å². The quantitative estimate of drug-likeness (QED) is 0.709. The lowest BCUT2D eigenvalue weighted by molar-refractivity contribution is 0.0911. The highest BCUT2D eigenvalue weighted by Crippen LogP contribution is 2.09. The number of hydrogen-bond acceptors (Lipinski definition) is 4. The number of H-pyrrole nitrogens is 1. The molecule has 0 saturated heterocycles. The van der Waals surface area contributed by atoms with E-state index in [2.05, 4.69) is 15.1 Å². The Morgan fingerprint density at radius 1 is 1.25 bits per heavy atom. The van der Waals surface area contributed by atoms with Crippen molar-refractivity contribution in [2.24, 2.45) is 0 Å². The van der Waals surface area contributed by atoms with Crippen LogP contribution in [0.4, 0.5) is 4.79 Å². The van der Waals surface area contributed by atoms with Gasteiger partial charge in [0.25, 0.3) is 11.5 Å². The van der Waals surface area contributed by atoms with Crippen molar-refractivity contribution in [2.45, 2.75) is 6.92 Å². The summed E-state index contributed by atoms with van der Waals surface area (Å²) in [5.74, 6) is -0.718. The number of fused-ring (bicyclic) bond motifs is 1. The molecule has 7 nitrogen and oxygen atoms in total. The van der Waals surface area contributed by atoms with E-state index in [-0.39, 0.29) is 12.2 Å². The third-order valence-corrected chi connectivity index (χ3v) is 2.55. The molecule has 2 amide bonds. The van der Waals surface area contributed by atoms with Crippen molar-refractivity contribution in [3.63, 3.8) is 0 Å². The van der Waals surface area contributed by atoms with E-state index in [1.165, 1.54) is 6.07 Å². The topological polar surface area (TPSA) is 100 Å². The third kappa shape index (κ3) is 2.94. The van der Waals surface area contributed by atoms with E-state index in [0.29, 0.717) is 10.9 Å². The number of hydrazine groups is 1. The van der Waals surface area contributed by atoms with Crippen LogP contribution in [-0.2, 0) is 4.74 Å². The molecule has 0 saturated carbocycles. The molecule has 2 rings (SSSR count). The summed E-state index contributed by atoms with van der Waals surface area (Å²) in [6.07, 6.45) is -0.793. The lowest BCUT2D eigenvalue weighted by Gasteiger charge is -2.07. The molecule has 0 unspecified atom stereocenters. The van der Waals surface area contributed by atoms with E-state index in [9.17, 15) is 14.4 Å².